The van der Waals surface area contributed by atoms with Crippen molar-refractivity contribution in [1.29, 1.82) is 0 Å². The summed E-state index contributed by atoms with van der Waals surface area (Å²) in [6.45, 7) is 5.89. The summed E-state index contributed by atoms with van der Waals surface area (Å²) in [6, 6.07) is 2.32. The Balaban J connectivity index is 1.79. The lowest BCUT2D eigenvalue weighted by Crippen LogP contribution is -2.45. The average Bonchev–Trinajstić information content (AvgIpc) is 2.82. The summed E-state index contributed by atoms with van der Waals surface area (Å²) in [6.07, 6.45) is 4.11. The number of nitrogens with one attached hydrogen (secondary N) is 1. The Morgan fingerprint density at radius 2 is 2.10 bits per heavy atom. The molecule has 2 rings (SSSR count). The van der Waals surface area contributed by atoms with Gasteiger partial charge in [-0.25, -0.2) is 12.7 Å². The predicted octanol–water partition coefficient (Wildman–Crippen LogP) is 1.88. The molecule has 0 atom stereocenters. The fourth-order valence-electron chi connectivity index (χ4n) is 2.55. The Morgan fingerprint density at radius 1 is 1.40 bits per heavy atom. The Morgan fingerprint density at radius 3 is 2.65 bits per heavy atom. The van der Waals surface area contributed by atoms with Gasteiger partial charge in [0.2, 0.25) is 10.0 Å². The third kappa shape index (κ3) is 3.84. The quantitative estimate of drug-likeness (QED) is 0.871. The number of nitrogens with zero attached hydrogens (tertiary/aromatic N) is 1. The van der Waals surface area contributed by atoms with E-state index in [1.807, 2.05) is 19.9 Å². The maximum atomic E-state index is 12.0. The molecule has 1 aliphatic rings. The molecule has 2 heterocycles. The van der Waals surface area contributed by atoms with Gasteiger partial charge in [-0.05, 0) is 37.8 Å². The van der Waals surface area contributed by atoms with Gasteiger partial charge >= 0.3 is 0 Å². The van der Waals surface area contributed by atoms with E-state index in [1.165, 1.54) is 0 Å². The van der Waals surface area contributed by atoms with Gasteiger partial charge in [0.15, 0.2) is 0 Å². The number of furan rings is 1. The van der Waals surface area contributed by atoms with Crippen LogP contribution in [0.5, 0.6) is 0 Å². The van der Waals surface area contributed by atoms with Gasteiger partial charge in [0.25, 0.3) is 0 Å². The first-order chi connectivity index (χ1) is 9.53. The van der Waals surface area contributed by atoms with E-state index in [-0.39, 0.29) is 5.75 Å². The van der Waals surface area contributed by atoms with E-state index in [9.17, 15) is 8.42 Å². The highest BCUT2D eigenvalue weighted by molar-refractivity contribution is 7.89. The highest BCUT2D eigenvalue weighted by atomic mass is 32.2. The molecule has 0 amide bonds. The van der Waals surface area contributed by atoms with Crippen LogP contribution >= 0.6 is 0 Å². The molecule has 1 fully saturated rings. The second-order valence-electron chi connectivity index (χ2n) is 5.40. The number of rotatable bonds is 6. The summed E-state index contributed by atoms with van der Waals surface area (Å²) in [7, 11) is -3.03. The smallest absolute Gasteiger partial charge is 0.214 e. The number of hydrogen-bond acceptors (Lipinski definition) is 4. The highest BCUT2D eigenvalue weighted by Crippen LogP contribution is 2.16. The molecule has 0 radical (unpaired) electrons. The van der Waals surface area contributed by atoms with Crippen molar-refractivity contribution in [3.63, 3.8) is 0 Å². The fraction of sp³-hybridized carbons (Fsp3) is 0.714. The first-order valence-corrected chi connectivity index (χ1v) is 8.88. The van der Waals surface area contributed by atoms with Crippen LogP contribution in [-0.4, -0.2) is 37.6 Å². The van der Waals surface area contributed by atoms with Crippen LogP contribution in [0.4, 0.5) is 0 Å². The van der Waals surface area contributed by atoms with E-state index < -0.39 is 10.0 Å². The molecular formula is C14H24N2O3S. The van der Waals surface area contributed by atoms with Gasteiger partial charge < -0.3 is 9.73 Å². The van der Waals surface area contributed by atoms with Crippen LogP contribution in [0.15, 0.2) is 16.7 Å². The molecule has 0 aliphatic carbocycles. The minimum Gasteiger partial charge on any atom is -0.468 e. The summed E-state index contributed by atoms with van der Waals surface area (Å²) in [5.41, 5.74) is 1.15. The molecule has 20 heavy (non-hydrogen) atoms. The van der Waals surface area contributed by atoms with Crippen molar-refractivity contribution in [2.45, 2.75) is 45.7 Å². The van der Waals surface area contributed by atoms with Crippen LogP contribution < -0.4 is 5.32 Å². The normalized spacial score (nSPS) is 18.5. The maximum absolute atomic E-state index is 12.0. The van der Waals surface area contributed by atoms with E-state index in [4.69, 9.17) is 4.42 Å². The van der Waals surface area contributed by atoms with Crippen LogP contribution in [0.25, 0.3) is 0 Å². The monoisotopic (exact) mass is 300 g/mol. The SMILES string of the molecule is CCCS(=O)(=O)N1CCC(NCc2occc2C)CC1. The van der Waals surface area contributed by atoms with Gasteiger partial charge in [0, 0.05) is 19.1 Å². The molecule has 0 unspecified atom stereocenters. The van der Waals surface area contributed by atoms with Crippen molar-refractivity contribution in [1.82, 2.24) is 9.62 Å². The molecule has 0 spiro atoms. The first-order valence-electron chi connectivity index (χ1n) is 7.27. The summed E-state index contributed by atoms with van der Waals surface area (Å²) in [4.78, 5) is 0. The molecule has 0 bridgehead atoms. The van der Waals surface area contributed by atoms with Gasteiger partial charge in [0.05, 0.1) is 18.6 Å². The van der Waals surface area contributed by atoms with Crippen molar-refractivity contribution in [2.24, 2.45) is 0 Å². The van der Waals surface area contributed by atoms with Gasteiger partial charge in [-0.3, -0.25) is 0 Å². The van der Waals surface area contributed by atoms with E-state index in [0.717, 1.165) is 24.2 Å². The van der Waals surface area contributed by atoms with Gasteiger partial charge in [-0.2, -0.15) is 0 Å². The van der Waals surface area contributed by atoms with Gasteiger partial charge in [0.1, 0.15) is 5.76 Å². The molecule has 1 saturated heterocycles. The zero-order valence-corrected chi connectivity index (χ0v) is 13.1. The largest absolute Gasteiger partial charge is 0.468 e. The van der Waals surface area contributed by atoms with Crippen molar-refractivity contribution >= 4 is 10.0 Å². The first kappa shape index (κ1) is 15.5. The Kier molecular flexibility index (Phi) is 5.23. The zero-order valence-electron chi connectivity index (χ0n) is 12.3. The van der Waals surface area contributed by atoms with Crippen LogP contribution in [0.1, 0.15) is 37.5 Å². The molecule has 0 saturated carbocycles. The Hall–Kier alpha value is -0.850. The van der Waals surface area contributed by atoms with Crippen LogP contribution in [0.3, 0.4) is 0 Å². The Labute approximate surface area is 121 Å². The molecule has 1 N–H and O–H groups in total. The second-order valence-corrected chi connectivity index (χ2v) is 7.49. The highest BCUT2D eigenvalue weighted by Gasteiger charge is 2.27. The lowest BCUT2D eigenvalue weighted by atomic mass is 10.1. The van der Waals surface area contributed by atoms with Gasteiger partial charge in [-0.1, -0.05) is 6.92 Å². The van der Waals surface area contributed by atoms with Crippen molar-refractivity contribution < 1.29 is 12.8 Å². The molecule has 1 aromatic heterocycles. The third-order valence-electron chi connectivity index (χ3n) is 3.83. The standard InChI is InChI=1S/C14H24N2O3S/c1-3-10-20(17,18)16-7-4-13(5-8-16)15-11-14-12(2)6-9-19-14/h6,9,13,15H,3-5,7-8,10-11H2,1-2H3. The van der Waals surface area contributed by atoms with Crippen LogP contribution in [-0.2, 0) is 16.6 Å². The fourth-order valence-corrected chi connectivity index (χ4v) is 4.09. The Bertz CT molecular complexity index is 516. The molecule has 0 aromatic carbocycles. The predicted molar refractivity (Wildman–Crippen MR) is 79.0 cm³/mol. The molecular weight excluding hydrogens is 276 g/mol. The lowest BCUT2D eigenvalue weighted by Gasteiger charge is -2.31. The summed E-state index contributed by atoms with van der Waals surface area (Å²) in [5, 5.41) is 3.45. The zero-order chi connectivity index (χ0) is 14.6. The van der Waals surface area contributed by atoms with E-state index in [0.29, 0.717) is 32.1 Å². The average molecular weight is 300 g/mol. The topological polar surface area (TPSA) is 62.6 Å². The molecule has 6 heteroatoms. The maximum Gasteiger partial charge on any atom is 0.214 e. The number of piperidine rings is 1. The van der Waals surface area contributed by atoms with E-state index in [2.05, 4.69) is 5.32 Å². The van der Waals surface area contributed by atoms with E-state index in [1.54, 1.807) is 10.6 Å². The molecule has 5 nitrogen and oxygen atoms in total. The van der Waals surface area contributed by atoms with E-state index >= 15 is 0 Å². The summed E-state index contributed by atoms with van der Waals surface area (Å²) < 4.78 is 31.0. The van der Waals surface area contributed by atoms with Crippen molar-refractivity contribution in [3.05, 3.63) is 23.7 Å². The number of sulfonamides is 1. The van der Waals surface area contributed by atoms with Crippen LogP contribution in [0, 0.1) is 6.92 Å². The lowest BCUT2D eigenvalue weighted by molar-refractivity contribution is 0.283. The third-order valence-corrected chi connectivity index (χ3v) is 5.90. The van der Waals surface area contributed by atoms with Crippen LogP contribution in [0.2, 0.25) is 0 Å². The van der Waals surface area contributed by atoms with Crippen molar-refractivity contribution in [3.8, 4) is 0 Å². The number of aryl methyl sites for hydroxylation is 1. The summed E-state index contributed by atoms with van der Waals surface area (Å²) in [5.74, 6) is 1.22. The molecule has 1 aliphatic heterocycles. The summed E-state index contributed by atoms with van der Waals surface area (Å²) >= 11 is 0. The molecule has 1 aromatic rings. The van der Waals surface area contributed by atoms with Gasteiger partial charge in [-0.15, -0.1) is 0 Å². The minimum atomic E-state index is -3.03. The minimum absolute atomic E-state index is 0.261. The molecule has 114 valence electrons. The second kappa shape index (κ2) is 6.74. The number of hydrogen-bond donors (Lipinski definition) is 1. The van der Waals surface area contributed by atoms with Crippen molar-refractivity contribution in [2.75, 3.05) is 18.8 Å².